The molecule has 0 aromatic carbocycles. The molecule has 1 saturated heterocycles. The first-order chi connectivity index (χ1) is 8.78. The minimum absolute atomic E-state index is 0.158. The number of piperazine rings is 1. The maximum atomic E-state index is 11.9. The number of nitriles is 1. The van der Waals surface area contributed by atoms with E-state index >= 15 is 0 Å². The Morgan fingerprint density at radius 2 is 2.05 bits per heavy atom. The average molecular weight is 265 g/mol. The van der Waals surface area contributed by atoms with Crippen LogP contribution in [0.25, 0.3) is 0 Å². The van der Waals surface area contributed by atoms with Gasteiger partial charge in [0, 0.05) is 13.1 Å². The van der Waals surface area contributed by atoms with Gasteiger partial charge in [-0.3, -0.25) is 4.79 Å². The first-order valence-electron chi connectivity index (χ1n) is 6.09. The molecule has 6 nitrogen and oxygen atoms in total. The zero-order valence-electron chi connectivity index (χ0n) is 11.5. The van der Waals surface area contributed by atoms with Gasteiger partial charge in [-0.05, 0) is 26.8 Å². The normalized spacial score (nSPS) is 19.6. The Bertz CT molecular complexity index is 420. The lowest BCUT2D eigenvalue weighted by atomic mass is 10.2. The van der Waals surface area contributed by atoms with E-state index in [0.717, 1.165) is 0 Å². The summed E-state index contributed by atoms with van der Waals surface area (Å²) >= 11 is 0. The van der Waals surface area contributed by atoms with E-state index in [9.17, 15) is 9.59 Å². The lowest BCUT2D eigenvalue weighted by Crippen LogP contribution is -2.56. The van der Waals surface area contributed by atoms with E-state index < -0.39 is 17.7 Å². The third-order valence-corrected chi connectivity index (χ3v) is 2.64. The highest BCUT2D eigenvalue weighted by Crippen LogP contribution is 2.15. The zero-order valence-corrected chi connectivity index (χ0v) is 11.5. The van der Waals surface area contributed by atoms with E-state index in [0.29, 0.717) is 13.1 Å². The van der Waals surface area contributed by atoms with Gasteiger partial charge in [0.2, 0.25) is 5.91 Å². The number of carbonyl (C=O) groups excluding carboxylic acids is 2. The first kappa shape index (κ1) is 15.0. The summed E-state index contributed by atoms with van der Waals surface area (Å²) in [5, 5.41) is 9.08. The SMILES string of the molecule is C=CC(=O)N1CCN(C(=O)OC(C)(C)C)CC1C#N. The topological polar surface area (TPSA) is 73.6 Å². The van der Waals surface area contributed by atoms with Crippen LogP contribution in [0.15, 0.2) is 12.7 Å². The fourth-order valence-electron chi connectivity index (χ4n) is 1.77. The minimum Gasteiger partial charge on any atom is -0.444 e. The number of hydrogen-bond donors (Lipinski definition) is 0. The molecule has 1 heterocycles. The molecule has 0 saturated carbocycles. The van der Waals surface area contributed by atoms with Gasteiger partial charge < -0.3 is 14.5 Å². The molecule has 0 N–H and O–H groups in total. The molecular weight excluding hydrogens is 246 g/mol. The van der Waals surface area contributed by atoms with Gasteiger partial charge in [0.05, 0.1) is 12.6 Å². The highest BCUT2D eigenvalue weighted by Gasteiger charge is 2.33. The Hall–Kier alpha value is -2.03. The van der Waals surface area contributed by atoms with Gasteiger partial charge in [0.15, 0.2) is 0 Å². The smallest absolute Gasteiger partial charge is 0.410 e. The van der Waals surface area contributed by atoms with Crippen LogP contribution in [0.1, 0.15) is 20.8 Å². The van der Waals surface area contributed by atoms with E-state index in [-0.39, 0.29) is 12.5 Å². The van der Waals surface area contributed by atoms with Crippen LogP contribution in [-0.2, 0) is 9.53 Å². The molecule has 6 heteroatoms. The van der Waals surface area contributed by atoms with Crippen LogP contribution in [0.2, 0.25) is 0 Å². The second-order valence-corrected chi connectivity index (χ2v) is 5.31. The van der Waals surface area contributed by atoms with Crippen LogP contribution < -0.4 is 0 Å². The Kier molecular flexibility index (Phi) is 4.54. The van der Waals surface area contributed by atoms with Crippen LogP contribution >= 0.6 is 0 Å². The summed E-state index contributed by atoms with van der Waals surface area (Å²) in [5.74, 6) is -0.296. The van der Waals surface area contributed by atoms with Crippen molar-refractivity contribution in [2.24, 2.45) is 0 Å². The predicted octanol–water partition coefficient (Wildman–Crippen LogP) is 1.14. The third-order valence-electron chi connectivity index (χ3n) is 2.64. The molecule has 2 amide bonds. The van der Waals surface area contributed by atoms with Crippen LogP contribution in [0.3, 0.4) is 0 Å². The maximum absolute atomic E-state index is 11.9. The van der Waals surface area contributed by atoms with Crippen molar-refractivity contribution in [2.45, 2.75) is 32.4 Å². The Balaban J connectivity index is 2.70. The fourth-order valence-corrected chi connectivity index (χ4v) is 1.77. The van der Waals surface area contributed by atoms with Crippen molar-refractivity contribution in [3.05, 3.63) is 12.7 Å². The molecule has 1 aliphatic rings. The monoisotopic (exact) mass is 265 g/mol. The molecule has 0 aromatic heterocycles. The van der Waals surface area contributed by atoms with E-state index in [1.165, 1.54) is 15.9 Å². The van der Waals surface area contributed by atoms with Crippen molar-refractivity contribution in [1.82, 2.24) is 9.80 Å². The summed E-state index contributed by atoms with van der Waals surface area (Å²) in [6.07, 6.45) is 0.714. The summed E-state index contributed by atoms with van der Waals surface area (Å²) in [7, 11) is 0. The molecule has 0 aromatic rings. The van der Waals surface area contributed by atoms with Crippen LogP contribution in [-0.4, -0.2) is 53.1 Å². The quantitative estimate of drug-likeness (QED) is 0.666. The van der Waals surface area contributed by atoms with Gasteiger partial charge in [-0.2, -0.15) is 5.26 Å². The average Bonchev–Trinajstić information content (AvgIpc) is 2.35. The van der Waals surface area contributed by atoms with Gasteiger partial charge in [0.25, 0.3) is 0 Å². The summed E-state index contributed by atoms with van der Waals surface area (Å²) in [4.78, 5) is 26.3. The first-order valence-corrected chi connectivity index (χ1v) is 6.09. The molecule has 1 aliphatic heterocycles. The van der Waals surface area contributed by atoms with Crippen molar-refractivity contribution < 1.29 is 14.3 Å². The highest BCUT2D eigenvalue weighted by atomic mass is 16.6. The summed E-state index contributed by atoms with van der Waals surface area (Å²) < 4.78 is 5.25. The number of hydrogen-bond acceptors (Lipinski definition) is 4. The van der Waals surface area contributed by atoms with Gasteiger partial charge in [0.1, 0.15) is 11.6 Å². The number of amides is 2. The lowest BCUT2D eigenvalue weighted by Gasteiger charge is -2.38. The summed E-state index contributed by atoms with van der Waals surface area (Å²) in [6.45, 7) is 9.57. The molecule has 0 radical (unpaired) electrons. The van der Waals surface area contributed by atoms with E-state index in [1.54, 1.807) is 20.8 Å². The van der Waals surface area contributed by atoms with Crippen LogP contribution in [0.5, 0.6) is 0 Å². The van der Waals surface area contributed by atoms with Gasteiger partial charge in [-0.15, -0.1) is 0 Å². The molecule has 0 aliphatic carbocycles. The van der Waals surface area contributed by atoms with E-state index in [1.807, 2.05) is 6.07 Å². The second-order valence-electron chi connectivity index (χ2n) is 5.31. The Labute approximate surface area is 113 Å². The minimum atomic E-state index is -0.660. The molecule has 1 rings (SSSR count). The van der Waals surface area contributed by atoms with Crippen LogP contribution in [0.4, 0.5) is 4.79 Å². The third kappa shape index (κ3) is 3.98. The molecule has 104 valence electrons. The molecular formula is C13H19N3O3. The number of nitrogens with zero attached hydrogens (tertiary/aromatic N) is 3. The standard InChI is InChI=1S/C13H19N3O3/c1-5-11(17)16-7-6-15(9-10(16)8-14)12(18)19-13(2,3)4/h5,10H,1,6-7,9H2,2-4H3. The molecule has 0 bridgehead atoms. The van der Waals surface area contributed by atoms with Crippen molar-refractivity contribution in [3.63, 3.8) is 0 Å². The molecule has 1 unspecified atom stereocenters. The Morgan fingerprint density at radius 1 is 1.42 bits per heavy atom. The maximum Gasteiger partial charge on any atom is 0.410 e. The molecule has 0 spiro atoms. The molecule has 1 atom stereocenters. The second kappa shape index (κ2) is 5.74. The molecule has 1 fully saturated rings. The lowest BCUT2D eigenvalue weighted by molar-refractivity contribution is -0.129. The van der Waals surface area contributed by atoms with E-state index in [2.05, 4.69) is 6.58 Å². The largest absolute Gasteiger partial charge is 0.444 e. The van der Waals surface area contributed by atoms with Crippen LogP contribution in [0, 0.1) is 11.3 Å². The number of rotatable bonds is 1. The van der Waals surface area contributed by atoms with Crippen molar-refractivity contribution in [3.8, 4) is 6.07 Å². The fraction of sp³-hybridized carbons (Fsp3) is 0.615. The van der Waals surface area contributed by atoms with Crippen molar-refractivity contribution >= 4 is 12.0 Å². The highest BCUT2D eigenvalue weighted by molar-refractivity contribution is 5.87. The number of carbonyl (C=O) groups is 2. The van der Waals surface area contributed by atoms with Gasteiger partial charge in [-0.1, -0.05) is 6.58 Å². The predicted molar refractivity (Wildman–Crippen MR) is 69.1 cm³/mol. The van der Waals surface area contributed by atoms with Crippen molar-refractivity contribution in [2.75, 3.05) is 19.6 Å². The van der Waals surface area contributed by atoms with Crippen molar-refractivity contribution in [1.29, 1.82) is 5.26 Å². The molecule has 19 heavy (non-hydrogen) atoms. The van der Waals surface area contributed by atoms with Gasteiger partial charge >= 0.3 is 6.09 Å². The van der Waals surface area contributed by atoms with E-state index in [4.69, 9.17) is 10.00 Å². The van der Waals surface area contributed by atoms with Gasteiger partial charge in [-0.25, -0.2) is 4.79 Å². The zero-order chi connectivity index (χ0) is 14.6. The number of ether oxygens (including phenoxy) is 1. The summed E-state index contributed by atoms with van der Waals surface area (Å²) in [5.41, 5.74) is -0.576. The summed E-state index contributed by atoms with van der Waals surface area (Å²) in [6, 6.07) is 1.36. The Morgan fingerprint density at radius 3 is 2.53 bits per heavy atom.